The van der Waals surface area contributed by atoms with E-state index in [-0.39, 0.29) is 23.8 Å². The molecule has 0 saturated heterocycles. The quantitative estimate of drug-likeness (QED) is 0.276. The summed E-state index contributed by atoms with van der Waals surface area (Å²) in [5.41, 5.74) is 1.61. The van der Waals surface area contributed by atoms with Crippen LogP contribution in [0.4, 0.5) is 24.5 Å². The number of para-hydroxylation sites is 1. The third-order valence-electron chi connectivity index (χ3n) is 5.33. The van der Waals surface area contributed by atoms with E-state index in [4.69, 9.17) is 9.57 Å². The van der Waals surface area contributed by atoms with Crippen LogP contribution in [0.3, 0.4) is 0 Å². The van der Waals surface area contributed by atoms with Gasteiger partial charge in [0, 0.05) is 35.7 Å². The van der Waals surface area contributed by atoms with Gasteiger partial charge in [0.1, 0.15) is 7.11 Å². The van der Waals surface area contributed by atoms with Gasteiger partial charge in [-0.3, -0.25) is 9.59 Å². The first-order valence-electron chi connectivity index (χ1n) is 11.4. The molecule has 2 heterocycles. The minimum atomic E-state index is -5.10. The summed E-state index contributed by atoms with van der Waals surface area (Å²) >= 11 is 0. The third-order valence-corrected chi connectivity index (χ3v) is 5.33. The van der Waals surface area contributed by atoms with E-state index in [1.165, 1.54) is 13.3 Å². The summed E-state index contributed by atoms with van der Waals surface area (Å²) < 4.78 is 51.1. The number of benzene rings is 2. The number of halogens is 3. The Morgan fingerprint density at radius 3 is 2.51 bits per heavy atom. The van der Waals surface area contributed by atoms with Crippen molar-refractivity contribution in [1.29, 1.82) is 0 Å². The number of ether oxygens (including phenoxy) is 2. The second-order valence-electron chi connectivity index (χ2n) is 7.88. The number of aromatic nitrogens is 3. The zero-order valence-corrected chi connectivity index (χ0v) is 20.7. The molecule has 2 aromatic heterocycles. The molecule has 0 saturated carbocycles. The van der Waals surface area contributed by atoms with Crippen LogP contribution in [0.5, 0.6) is 17.5 Å². The molecule has 0 fully saturated rings. The molecule has 0 atom stereocenters. The molecule has 4 aromatic rings. The molecule has 202 valence electrons. The van der Waals surface area contributed by atoms with E-state index < -0.39 is 29.7 Å². The highest BCUT2D eigenvalue weighted by Gasteiger charge is 2.33. The number of amides is 2. The lowest BCUT2D eigenvalue weighted by Crippen LogP contribution is -2.19. The first kappa shape index (κ1) is 27.0. The molecule has 2 amide bonds. The van der Waals surface area contributed by atoms with Crippen LogP contribution >= 0.6 is 0 Å². The minimum absolute atomic E-state index is 0.0304. The minimum Gasteiger partial charge on any atom is -0.420 e. The number of rotatable bonds is 9. The maximum absolute atomic E-state index is 13.3. The van der Waals surface area contributed by atoms with Crippen molar-refractivity contribution in [1.82, 2.24) is 14.7 Å². The zero-order chi connectivity index (χ0) is 28.2. The molecule has 0 radical (unpaired) electrons. The van der Waals surface area contributed by atoms with Gasteiger partial charge >= 0.3 is 12.4 Å². The maximum Gasteiger partial charge on any atom is 0.573 e. The standard InChI is InChI=1S/C26H22F3N5O5/c1-4-23(35)31-18-12-21(22(39-26(27,28)29)13-19(18)32-24(36)5-2)38-25-30-11-10-17(33-25)16-14-34(37-3)20-9-7-6-8-15(16)20/h4,6-14H,1,5H2,2-3H3,(H,31,35)(H,32,36). The Bertz CT molecular complexity index is 1550. The fourth-order valence-electron chi connectivity index (χ4n) is 3.62. The Kier molecular flexibility index (Phi) is 7.70. The lowest BCUT2D eigenvalue weighted by Gasteiger charge is -2.18. The van der Waals surface area contributed by atoms with Crippen LogP contribution < -0.4 is 24.9 Å². The summed E-state index contributed by atoms with van der Waals surface area (Å²) in [4.78, 5) is 37.7. The number of carbonyl (C=O) groups excluding carboxylic acids is 2. The summed E-state index contributed by atoms with van der Waals surface area (Å²) in [6.07, 6.45) is -1.04. The second-order valence-corrected chi connectivity index (χ2v) is 7.88. The van der Waals surface area contributed by atoms with E-state index in [0.717, 1.165) is 29.1 Å². The Morgan fingerprint density at radius 1 is 1.10 bits per heavy atom. The molecule has 2 aromatic carbocycles. The number of hydrogen-bond acceptors (Lipinski definition) is 7. The fraction of sp³-hybridized carbons (Fsp3) is 0.154. The average Bonchev–Trinajstić information content (AvgIpc) is 3.29. The number of hydrogen-bond donors (Lipinski definition) is 2. The zero-order valence-electron chi connectivity index (χ0n) is 20.7. The summed E-state index contributed by atoms with van der Waals surface area (Å²) in [5.74, 6) is -2.46. The van der Waals surface area contributed by atoms with Gasteiger partial charge in [-0.25, -0.2) is 4.98 Å². The molecule has 0 aliphatic heterocycles. The summed E-state index contributed by atoms with van der Waals surface area (Å²) in [6, 6.07) is 10.6. The predicted octanol–water partition coefficient (Wildman–Crippen LogP) is 5.32. The molecule has 39 heavy (non-hydrogen) atoms. The van der Waals surface area contributed by atoms with E-state index in [1.807, 2.05) is 24.3 Å². The molecule has 13 heteroatoms. The van der Waals surface area contributed by atoms with E-state index in [9.17, 15) is 22.8 Å². The summed E-state index contributed by atoms with van der Waals surface area (Å²) in [5, 5.41) is 5.65. The van der Waals surface area contributed by atoms with Crippen molar-refractivity contribution in [3.8, 4) is 28.8 Å². The molecule has 4 rings (SSSR count). The van der Waals surface area contributed by atoms with Crippen LogP contribution in [-0.4, -0.2) is 40.0 Å². The van der Waals surface area contributed by atoms with Gasteiger partial charge in [0.15, 0.2) is 11.5 Å². The first-order valence-corrected chi connectivity index (χ1v) is 11.4. The van der Waals surface area contributed by atoms with Gasteiger partial charge in [-0.15, -0.1) is 13.2 Å². The Labute approximate surface area is 220 Å². The van der Waals surface area contributed by atoms with Crippen LogP contribution in [0.1, 0.15) is 13.3 Å². The van der Waals surface area contributed by atoms with Crippen LogP contribution in [0.15, 0.2) is 67.5 Å². The molecule has 0 spiro atoms. The van der Waals surface area contributed by atoms with E-state index in [1.54, 1.807) is 23.9 Å². The van der Waals surface area contributed by atoms with Gasteiger partial charge < -0.3 is 24.9 Å². The topological polar surface area (TPSA) is 117 Å². The molecule has 0 unspecified atom stereocenters. The molecule has 2 N–H and O–H groups in total. The van der Waals surface area contributed by atoms with Crippen LogP contribution in [-0.2, 0) is 9.59 Å². The molecular formula is C26H22F3N5O5. The molecule has 10 nitrogen and oxygen atoms in total. The number of nitrogens with one attached hydrogen (secondary N) is 2. The highest BCUT2D eigenvalue weighted by atomic mass is 19.4. The average molecular weight is 541 g/mol. The summed E-state index contributed by atoms with van der Waals surface area (Å²) in [7, 11) is 1.50. The SMILES string of the molecule is C=CC(=O)Nc1cc(Oc2nccc(-c3cn(OC)c4ccccc34)n2)c(OC(F)(F)F)cc1NC(=O)CC. The van der Waals surface area contributed by atoms with E-state index in [2.05, 4.69) is 31.9 Å². The Morgan fingerprint density at radius 2 is 1.82 bits per heavy atom. The van der Waals surface area contributed by atoms with Crippen molar-refractivity contribution in [2.45, 2.75) is 19.7 Å². The predicted molar refractivity (Wildman–Crippen MR) is 136 cm³/mol. The van der Waals surface area contributed by atoms with E-state index >= 15 is 0 Å². The summed E-state index contributed by atoms with van der Waals surface area (Å²) in [6.45, 7) is 4.90. The molecule has 0 aliphatic rings. The first-order chi connectivity index (χ1) is 18.6. The Hall–Kier alpha value is -5.07. The maximum atomic E-state index is 13.3. The molecular weight excluding hydrogens is 519 g/mol. The van der Waals surface area contributed by atoms with Crippen LogP contribution in [0, 0.1) is 0 Å². The van der Waals surface area contributed by atoms with Crippen molar-refractivity contribution in [2.24, 2.45) is 0 Å². The monoisotopic (exact) mass is 541 g/mol. The lowest BCUT2D eigenvalue weighted by molar-refractivity contribution is -0.275. The molecule has 0 aliphatic carbocycles. The second kappa shape index (κ2) is 11.1. The number of alkyl halides is 3. The Balaban J connectivity index is 1.79. The third kappa shape index (κ3) is 6.26. The van der Waals surface area contributed by atoms with Gasteiger partial charge in [0.05, 0.1) is 28.8 Å². The number of carbonyl (C=O) groups is 2. The van der Waals surface area contributed by atoms with Gasteiger partial charge in [0.2, 0.25) is 11.8 Å². The van der Waals surface area contributed by atoms with Crippen molar-refractivity contribution in [3.63, 3.8) is 0 Å². The number of fused-ring (bicyclic) bond motifs is 1. The van der Waals surface area contributed by atoms with Crippen LogP contribution in [0.2, 0.25) is 0 Å². The normalized spacial score (nSPS) is 11.1. The fourth-order valence-corrected chi connectivity index (χ4v) is 3.62. The van der Waals surface area contributed by atoms with E-state index in [0.29, 0.717) is 11.3 Å². The van der Waals surface area contributed by atoms with Gasteiger partial charge in [-0.05, 0) is 18.2 Å². The highest BCUT2D eigenvalue weighted by molar-refractivity contribution is 6.04. The van der Waals surface area contributed by atoms with Crippen molar-refractivity contribution < 1.29 is 37.1 Å². The van der Waals surface area contributed by atoms with Gasteiger partial charge in [0.25, 0.3) is 0 Å². The highest BCUT2D eigenvalue weighted by Crippen LogP contribution is 2.41. The van der Waals surface area contributed by atoms with Gasteiger partial charge in [-0.2, -0.15) is 9.71 Å². The lowest BCUT2D eigenvalue weighted by atomic mass is 10.1. The van der Waals surface area contributed by atoms with Crippen molar-refractivity contribution >= 4 is 34.1 Å². The largest absolute Gasteiger partial charge is 0.573 e. The van der Waals surface area contributed by atoms with Crippen molar-refractivity contribution in [2.75, 3.05) is 17.7 Å². The smallest absolute Gasteiger partial charge is 0.420 e. The number of nitrogens with zero attached hydrogens (tertiary/aromatic N) is 3. The number of anilines is 2. The van der Waals surface area contributed by atoms with Crippen molar-refractivity contribution in [3.05, 3.63) is 67.5 Å². The van der Waals surface area contributed by atoms with Gasteiger partial charge in [-0.1, -0.05) is 31.7 Å². The van der Waals surface area contributed by atoms with Crippen LogP contribution in [0.25, 0.3) is 22.2 Å². The molecule has 0 bridgehead atoms.